The Morgan fingerprint density at radius 3 is 2.16 bits per heavy atom. The zero-order valence-corrected chi connectivity index (χ0v) is 20.1. The SMILES string of the molecule is Cc1ccc(C)c(S(=O)(=O)NCCC(=O)N2CCN(CC(=O)N3CCCCCC3)CC2)c1. The summed E-state index contributed by atoms with van der Waals surface area (Å²) in [6.07, 6.45) is 4.69. The van der Waals surface area contributed by atoms with E-state index in [-0.39, 0.29) is 29.7 Å². The van der Waals surface area contributed by atoms with Crippen LogP contribution in [0.2, 0.25) is 0 Å². The Morgan fingerprint density at radius 2 is 1.50 bits per heavy atom. The monoisotopic (exact) mass is 464 g/mol. The lowest BCUT2D eigenvalue weighted by atomic mass is 10.2. The van der Waals surface area contributed by atoms with E-state index < -0.39 is 10.0 Å². The molecule has 2 saturated heterocycles. The van der Waals surface area contributed by atoms with E-state index in [9.17, 15) is 18.0 Å². The number of nitrogens with one attached hydrogen (secondary N) is 1. The molecule has 0 spiro atoms. The molecule has 32 heavy (non-hydrogen) atoms. The Morgan fingerprint density at radius 1 is 0.875 bits per heavy atom. The van der Waals surface area contributed by atoms with Gasteiger partial charge in [-0.15, -0.1) is 0 Å². The summed E-state index contributed by atoms with van der Waals surface area (Å²) >= 11 is 0. The Bertz CT molecular complexity index is 903. The van der Waals surface area contributed by atoms with Gasteiger partial charge in [-0.2, -0.15) is 0 Å². The zero-order chi connectivity index (χ0) is 23.1. The summed E-state index contributed by atoms with van der Waals surface area (Å²) < 4.78 is 27.7. The highest BCUT2D eigenvalue weighted by Gasteiger charge is 2.25. The van der Waals surface area contributed by atoms with Gasteiger partial charge in [-0.25, -0.2) is 13.1 Å². The molecule has 1 aromatic carbocycles. The smallest absolute Gasteiger partial charge is 0.240 e. The predicted molar refractivity (Wildman–Crippen MR) is 124 cm³/mol. The van der Waals surface area contributed by atoms with Crippen LogP contribution in [0.4, 0.5) is 0 Å². The van der Waals surface area contributed by atoms with Crippen LogP contribution < -0.4 is 4.72 Å². The fourth-order valence-corrected chi connectivity index (χ4v) is 5.65. The van der Waals surface area contributed by atoms with Gasteiger partial charge in [0.15, 0.2) is 0 Å². The van der Waals surface area contributed by atoms with E-state index in [0.29, 0.717) is 38.3 Å². The summed E-state index contributed by atoms with van der Waals surface area (Å²) in [5.41, 5.74) is 1.56. The molecule has 1 aromatic rings. The molecule has 0 bridgehead atoms. The second-order valence-electron chi connectivity index (χ2n) is 8.87. The van der Waals surface area contributed by atoms with Crippen molar-refractivity contribution in [3.63, 3.8) is 0 Å². The number of carbonyl (C=O) groups excluding carboxylic acids is 2. The van der Waals surface area contributed by atoms with Crippen LogP contribution in [0.5, 0.6) is 0 Å². The number of carbonyl (C=O) groups is 2. The second kappa shape index (κ2) is 11.2. The standard InChI is InChI=1S/C23H36N4O4S/c1-19-7-8-20(2)21(17-19)32(30,31)24-10-9-22(28)27-15-13-25(14-16-27)18-23(29)26-11-5-3-4-6-12-26/h7-8,17,24H,3-6,9-16,18H2,1-2H3. The third kappa shape index (κ3) is 6.76. The molecular weight excluding hydrogens is 428 g/mol. The van der Waals surface area contributed by atoms with Crippen molar-refractivity contribution in [3.05, 3.63) is 29.3 Å². The molecule has 0 aliphatic carbocycles. The Labute approximate surface area is 192 Å². The first-order valence-corrected chi connectivity index (χ1v) is 13.1. The van der Waals surface area contributed by atoms with Gasteiger partial charge in [0.05, 0.1) is 11.4 Å². The van der Waals surface area contributed by atoms with Crippen LogP contribution in [0.3, 0.4) is 0 Å². The summed E-state index contributed by atoms with van der Waals surface area (Å²) in [7, 11) is -3.65. The maximum Gasteiger partial charge on any atom is 0.240 e. The van der Waals surface area contributed by atoms with E-state index in [1.54, 1.807) is 24.0 Å². The van der Waals surface area contributed by atoms with Crippen molar-refractivity contribution in [1.29, 1.82) is 0 Å². The average Bonchev–Trinajstić information content (AvgIpc) is 3.05. The molecule has 1 N–H and O–H groups in total. The molecule has 0 aromatic heterocycles. The van der Waals surface area contributed by atoms with E-state index in [1.165, 1.54) is 12.8 Å². The van der Waals surface area contributed by atoms with Gasteiger partial charge in [0.1, 0.15) is 0 Å². The quantitative estimate of drug-likeness (QED) is 0.661. The average molecular weight is 465 g/mol. The third-order valence-electron chi connectivity index (χ3n) is 6.31. The molecule has 9 heteroatoms. The minimum absolute atomic E-state index is 0.0628. The number of sulfonamides is 1. The van der Waals surface area contributed by atoms with E-state index in [2.05, 4.69) is 9.62 Å². The summed E-state index contributed by atoms with van der Waals surface area (Å²) in [5.74, 6) is 0.125. The largest absolute Gasteiger partial charge is 0.342 e. The molecule has 3 rings (SSSR count). The van der Waals surface area contributed by atoms with E-state index in [4.69, 9.17) is 0 Å². The molecule has 0 saturated carbocycles. The van der Waals surface area contributed by atoms with Gasteiger partial charge in [0, 0.05) is 52.2 Å². The molecule has 0 atom stereocenters. The lowest BCUT2D eigenvalue weighted by molar-refractivity contribution is -0.135. The Hall–Kier alpha value is -1.97. The number of nitrogens with zero attached hydrogens (tertiary/aromatic N) is 3. The minimum atomic E-state index is -3.65. The minimum Gasteiger partial charge on any atom is -0.342 e. The Balaban J connectivity index is 1.40. The first-order valence-electron chi connectivity index (χ1n) is 11.6. The van der Waals surface area contributed by atoms with Crippen molar-refractivity contribution in [1.82, 2.24) is 19.4 Å². The molecule has 2 heterocycles. The number of likely N-dealkylation sites (tertiary alicyclic amines) is 1. The van der Waals surface area contributed by atoms with Crippen molar-refractivity contribution in [3.8, 4) is 0 Å². The number of hydrogen-bond acceptors (Lipinski definition) is 5. The van der Waals surface area contributed by atoms with Gasteiger partial charge in [-0.1, -0.05) is 25.0 Å². The Kier molecular flexibility index (Phi) is 8.67. The summed E-state index contributed by atoms with van der Waals surface area (Å²) in [6.45, 7) is 8.27. The van der Waals surface area contributed by atoms with Gasteiger partial charge >= 0.3 is 0 Å². The van der Waals surface area contributed by atoms with Crippen molar-refractivity contribution in [2.24, 2.45) is 0 Å². The van der Waals surface area contributed by atoms with Crippen LogP contribution in [0, 0.1) is 13.8 Å². The molecule has 2 aliphatic rings. The molecule has 178 valence electrons. The first-order chi connectivity index (χ1) is 15.3. The van der Waals surface area contributed by atoms with E-state index in [0.717, 1.165) is 31.5 Å². The van der Waals surface area contributed by atoms with Crippen LogP contribution in [-0.4, -0.2) is 87.3 Å². The molecule has 2 aliphatic heterocycles. The number of amides is 2. The lowest BCUT2D eigenvalue weighted by Crippen LogP contribution is -2.52. The molecule has 8 nitrogen and oxygen atoms in total. The summed E-state index contributed by atoms with van der Waals surface area (Å²) in [5, 5.41) is 0. The first kappa shape index (κ1) is 24.7. The number of rotatable bonds is 7. The highest BCUT2D eigenvalue weighted by Crippen LogP contribution is 2.16. The van der Waals surface area contributed by atoms with Crippen molar-refractivity contribution in [2.45, 2.75) is 50.8 Å². The number of aryl methyl sites for hydroxylation is 2. The molecule has 2 fully saturated rings. The van der Waals surface area contributed by atoms with Gasteiger partial charge < -0.3 is 9.80 Å². The lowest BCUT2D eigenvalue weighted by Gasteiger charge is -2.35. The van der Waals surface area contributed by atoms with Gasteiger partial charge in [-0.05, 0) is 43.9 Å². The van der Waals surface area contributed by atoms with Gasteiger partial charge in [0.2, 0.25) is 21.8 Å². The zero-order valence-electron chi connectivity index (χ0n) is 19.3. The maximum atomic E-state index is 12.6. The van der Waals surface area contributed by atoms with Crippen molar-refractivity contribution < 1.29 is 18.0 Å². The number of hydrogen-bond donors (Lipinski definition) is 1. The fourth-order valence-electron chi connectivity index (χ4n) is 4.29. The van der Waals surface area contributed by atoms with Gasteiger partial charge in [0.25, 0.3) is 0 Å². The van der Waals surface area contributed by atoms with E-state index >= 15 is 0 Å². The molecule has 2 amide bonds. The summed E-state index contributed by atoms with van der Waals surface area (Å²) in [6, 6.07) is 5.30. The third-order valence-corrected chi connectivity index (χ3v) is 7.91. The topological polar surface area (TPSA) is 90.0 Å². The normalized spacial score (nSPS) is 18.4. The maximum absolute atomic E-state index is 12.6. The van der Waals surface area contributed by atoms with Crippen molar-refractivity contribution >= 4 is 21.8 Å². The fraction of sp³-hybridized carbons (Fsp3) is 0.652. The molecule has 0 radical (unpaired) electrons. The van der Waals surface area contributed by atoms with E-state index in [1.807, 2.05) is 17.9 Å². The van der Waals surface area contributed by atoms with Crippen LogP contribution in [0.25, 0.3) is 0 Å². The number of piperazine rings is 1. The second-order valence-corrected chi connectivity index (χ2v) is 10.6. The predicted octanol–water partition coefficient (Wildman–Crippen LogP) is 1.52. The van der Waals surface area contributed by atoms with Crippen LogP contribution in [-0.2, 0) is 19.6 Å². The van der Waals surface area contributed by atoms with Crippen molar-refractivity contribution in [2.75, 3.05) is 52.4 Å². The van der Waals surface area contributed by atoms with Gasteiger partial charge in [-0.3, -0.25) is 14.5 Å². The highest BCUT2D eigenvalue weighted by atomic mass is 32.2. The van der Waals surface area contributed by atoms with Crippen LogP contribution in [0.1, 0.15) is 43.2 Å². The molecular formula is C23H36N4O4S. The van der Waals surface area contributed by atoms with Crippen LogP contribution >= 0.6 is 0 Å². The van der Waals surface area contributed by atoms with Crippen LogP contribution in [0.15, 0.2) is 23.1 Å². The number of benzene rings is 1. The molecule has 0 unspecified atom stereocenters. The highest BCUT2D eigenvalue weighted by molar-refractivity contribution is 7.89. The summed E-state index contributed by atoms with van der Waals surface area (Å²) in [4.78, 5) is 31.2.